The number of hydrogen-bond donors (Lipinski definition) is 1. The van der Waals surface area contributed by atoms with E-state index in [2.05, 4.69) is 38.2 Å². The van der Waals surface area contributed by atoms with Gasteiger partial charge in [0, 0.05) is 12.8 Å². The van der Waals surface area contributed by atoms with E-state index in [4.69, 9.17) is 9.47 Å². The quantitative estimate of drug-likeness (QED) is 0.0440. The SMILES string of the molecule is CCCCCC/C=C\CCCCCCCCCC(=O)OCC(CO)OC(=O)CCCCCCCCC/C=C\CCCCCC. The van der Waals surface area contributed by atoms with Gasteiger partial charge in [0.1, 0.15) is 6.61 Å². The Morgan fingerprint density at radius 2 is 0.841 bits per heavy atom. The fourth-order valence-corrected chi connectivity index (χ4v) is 5.31. The van der Waals surface area contributed by atoms with Gasteiger partial charge in [-0.05, 0) is 64.2 Å². The molecule has 0 radical (unpaired) electrons. The van der Waals surface area contributed by atoms with Crippen molar-refractivity contribution < 1.29 is 24.2 Å². The summed E-state index contributed by atoms with van der Waals surface area (Å²) in [5, 5.41) is 9.53. The number of esters is 2. The van der Waals surface area contributed by atoms with Crippen LogP contribution >= 0.6 is 0 Å². The number of carbonyl (C=O) groups excluding carboxylic acids is 2. The second kappa shape index (κ2) is 35.9. The van der Waals surface area contributed by atoms with Gasteiger partial charge in [-0.25, -0.2) is 0 Å². The van der Waals surface area contributed by atoms with E-state index in [0.717, 1.165) is 38.5 Å². The number of ether oxygens (including phenoxy) is 2. The van der Waals surface area contributed by atoms with Gasteiger partial charge in [0.15, 0.2) is 6.10 Å². The minimum atomic E-state index is -0.771. The number of rotatable bonds is 34. The molecule has 0 saturated carbocycles. The fourth-order valence-electron chi connectivity index (χ4n) is 5.31. The summed E-state index contributed by atoms with van der Waals surface area (Å²) in [6.45, 7) is 4.10. The third kappa shape index (κ3) is 33.3. The lowest BCUT2D eigenvalue weighted by atomic mass is 10.1. The summed E-state index contributed by atoms with van der Waals surface area (Å²) in [6, 6.07) is 0. The van der Waals surface area contributed by atoms with Gasteiger partial charge in [-0.1, -0.05) is 141 Å². The number of carbonyl (C=O) groups is 2. The van der Waals surface area contributed by atoms with Crippen molar-refractivity contribution in [3.05, 3.63) is 24.3 Å². The molecule has 1 unspecified atom stereocenters. The largest absolute Gasteiger partial charge is 0.462 e. The highest BCUT2D eigenvalue weighted by molar-refractivity contribution is 5.70. The molecule has 0 aromatic rings. The molecule has 258 valence electrons. The molecule has 0 heterocycles. The monoisotopic (exact) mass is 621 g/mol. The third-order valence-corrected chi connectivity index (χ3v) is 8.22. The van der Waals surface area contributed by atoms with Crippen LogP contribution in [0.5, 0.6) is 0 Å². The number of allylic oxidation sites excluding steroid dienone is 4. The Kier molecular flexibility index (Phi) is 34.5. The second-order valence-electron chi connectivity index (χ2n) is 12.6. The lowest BCUT2D eigenvalue weighted by Crippen LogP contribution is -2.28. The van der Waals surface area contributed by atoms with Crippen molar-refractivity contribution in [1.29, 1.82) is 0 Å². The first kappa shape index (κ1) is 42.4. The van der Waals surface area contributed by atoms with Crippen LogP contribution < -0.4 is 0 Å². The molecule has 0 amide bonds. The molecular formula is C39H72O5. The molecule has 1 atom stereocenters. The van der Waals surface area contributed by atoms with Crippen molar-refractivity contribution >= 4 is 11.9 Å². The molecule has 44 heavy (non-hydrogen) atoms. The van der Waals surface area contributed by atoms with E-state index < -0.39 is 6.10 Å². The predicted octanol–water partition coefficient (Wildman–Crippen LogP) is 11.5. The summed E-state index contributed by atoms with van der Waals surface area (Å²) in [5.41, 5.74) is 0. The van der Waals surface area contributed by atoms with Gasteiger partial charge in [0.25, 0.3) is 0 Å². The van der Waals surface area contributed by atoms with Gasteiger partial charge < -0.3 is 14.6 Å². The van der Waals surface area contributed by atoms with E-state index >= 15 is 0 Å². The first-order valence-electron chi connectivity index (χ1n) is 18.9. The highest BCUT2D eigenvalue weighted by Gasteiger charge is 2.16. The average Bonchev–Trinajstić information content (AvgIpc) is 3.02. The van der Waals surface area contributed by atoms with Gasteiger partial charge in [0.2, 0.25) is 0 Å². The van der Waals surface area contributed by atoms with Gasteiger partial charge >= 0.3 is 11.9 Å². The smallest absolute Gasteiger partial charge is 0.306 e. The van der Waals surface area contributed by atoms with Gasteiger partial charge in [-0.15, -0.1) is 0 Å². The predicted molar refractivity (Wildman–Crippen MR) is 187 cm³/mol. The molecule has 5 heteroatoms. The van der Waals surface area contributed by atoms with Gasteiger partial charge in [0.05, 0.1) is 6.61 Å². The maximum Gasteiger partial charge on any atom is 0.306 e. The van der Waals surface area contributed by atoms with E-state index in [0.29, 0.717) is 12.8 Å². The second-order valence-corrected chi connectivity index (χ2v) is 12.6. The Morgan fingerprint density at radius 1 is 0.500 bits per heavy atom. The Labute approximate surface area is 273 Å². The van der Waals surface area contributed by atoms with Gasteiger partial charge in [-0.2, -0.15) is 0 Å². The van der Waals surface area contributed by atoms with Crippen LogP contribution in [-0.2, 0) is 19.1 Å². The molecule has 1 N–H and O–H groups in total. The van der Waals surface area contributed by atoms with Crippen molar-refractivity contribution in [1.82, 2.24) is 0 Å². The van der Waals surface area contributed by atoms with E-state index in [-0.39, 0.29) is 25.2 Å². The number of hydrogen-bond acceptors (Lipinski definition) is 5. The van der Waals surface area contributed by atoms with Crippen LogP contribution in [0.3, 0.4) is 0 Å². The molecule has 0 aromatic carbocycles. The lowest BCUT2D eigenvalue weighted by molar-refractivity contribution is -0.161. The van der Waals surface area contributed by atoms with Crippen molar-refractivity contribution in [2.45, 2.75) is 200 Å². The van der Waals surface area contributed by atoms with Crippen LogP contribution in [0.25, 0.3) is 0 Å². The van der Waals surface area contributed by atoms with Crippen LogP contribution in [-0.4, -0.2) is 36.4 Å². The lowest BCUT2D eigenvalue weighted by Gasteiger charge is -2.15. The van der Waals surface area contributed by atoms with Crippen LogP contribution in [0.4, 0.5) is 0 Å². The highest BCUT2D eigenvalue weighted by Crippen LogP contribution is 2.13. The van der Waals surface area contributed by atoms with Crippen LogP contribution in [0.15, 0.2) is 24.3 Å². The third-order valence-electron chi connectivity index (χ3n) is 8.22. The molecule has 0 aliphatic heterocycles. The summed E-state index contributed by atoms with van der Waals surface area (Å²) >= 11 is 0. The summed E-state index contributed by atoms with van der Waals surface area (Å²) in [5.74, 6) is -0.598. The summed E-state index contributed by atoms with van der Waals surface area (Å²) in [4.78, 5) is 24.2. The summed E-state index contributed by atoms with van der Waals surface area (Å²) in [6.07, 6.45) is 40.9. The first-order chi connectivity index (χ1) is 21.6. The van der Waals surface area contributed by atoms with E-state index in [1.54, 1.807) is 0 Å². The zero-order valence-electron chi connectivity index (χ0n) is 29.2. The molecule has 0 fully saturated rings. The Bertz CT molecular complexity index is 671. The van der Waals surface area contributed by atoms with Crippen molar-refractivity contribution in [3.8, 4) is 0 Å². The zero-order chi connectivity index (χ0) is 32.2. The molecule has 0 aliphatic rings. The fraction of sp³-hybridized carbons (Fsp3) is 0.846. The normalized spacial score (nSPS) is 12.3. The van der Waals surface area contributed by atoms with Crippen LogP contribution in [0.1, 0.15) is 194 Å². The Hall–Kier alpha value is -1.62. The maximum atomic E-state index is 12.1. The van der Waals surface area contributed by atoms with Gasteiger partial charge in [-0.3, -0.25) is 9.59 Å². The molecule has 0 spiro atoms. The topological polar surface area (TPSA) is 72.8 Å². The summed E-state index contributed by atoms with van der Waals surface area (Å²) < 4.78 is 10.6. The molecule has 0 rings (SSSR count). The molecule has 0 aliphatic carbocycles. The molecule has 5 nitrogen and oxygen atoms in total. The number of aliphatic hydroxyl groups excluding tert-OH is 1. The minimum Gasteiger partial charge on any atom is -0.462 e. The van der Waals surface area contributed by atoms with E-state index in [1.165, 1.54) is 128 Å². The number of unbranched alkanes of at least 4 members (excludes halogenated alkanes) is 22. The minimum absolute atomic E-state index is 0.0672. The Morgan fingerprint density at radius 3 is 1.23 bits per heavy atom. The van der Waals surface area contributed by atoms with Crippen molar-refractivity contribution in [3.63, 3.8) is 0 Å². The molecular weight excluding hydrogens is 548 g/mol. The maximum absolute atomic E-state index is 12.1. The molecule has 0 bridgehead atoms. The standard InChI is InChI=1S/C39H72O5/c1-3-5-7-9-11-13-15-17-19-21-23-25-27-29-31-33-38(41)43-36-37(35-40)44-39(42)34-32-30-28-26-24-22-20-18-16-14-12-10-8-6-4-2/h13-16,37,40H,3-12,17-36H2,1-2H3/b15-13-,16-14-. The van der Waals surface area contributed by atoms with E-state index in [1.807, 2.05) is 0 Å². The molecule has 0 aromatic heterocycles. The van der Waals surface area contributed by atoms with Crippen molar-refractivity contribution in [2.75, 3.05) is 13.2 Å². The Balaban J connectivity index is 3.56. The average molecular weight is 621 g/mol. The van der Waals surface area contributed by atoms with E-state index in [9.17, 15) is 14.7 Å². The van der Waals surface area contributed by atoms with Crippen LogP contribution in [0.2, 0.25) is 0 Å². The highest BCUT2D eigenvalue weighted by atomic mass is 16.6. The summed E-state index contributed by atoms with van der Waals surface area (Å²) in [7, 11) is 0. The number of aliphatic hydroxyl groups is 1. The zero-order valence-corrected chi connectivity index (χ0v) is 29.2. The first-order valence-corrected chi connectivity index (χ1v) is 18.9. The van der Waals surface area contributed by atoms with Crippen molar-refractivity contribution in [2.24, 2.45) is 0 Å². The molecule has 0 saturated heterocycles. The van der Waals surface area contributed by atoms with Crippen LogP contribution in [0, 0.1) is 0 Å².